The van der Waals surface area contributed by atoms with E-state index < -0.39 is 0 Å². The smallest absolute Gasteiger partial charge is 0.121 e. The SMILES string of the molecule is CCC(C)[C@@H](c1ccc(C)o1)N1CCNCC1.Cl.Cl. The first-order valence-electron chi connectivity index (χ1n) is 6.73. The average molecular weight is 309 g/mol. The lowest BCUT2D eigenvalue weighted by atomic mass is 9.95. The number of furan rings is 1. The van der Waals surface area contributed by atoms with Crippen molar-refractivity contribution in [1.29, 1.82) is 0 Å². The van der Waals surface area contributed by atoms with E-state index in [4.69, 9.17) is 4.42 Å². The van der Waals surface area contributed by atoms with Gasteiger partial charge in [-0.05, 0) is 25.0 Å². The van der Waals surface area contributed by atoms with Gasteiger partial charge in [0.15, 0.2) is 0 Å². The van der Waals surface area contributed by atoms with Gasteiger partial charge in [-0.3, -0.25) is 4.90 Å². The molecular weight excluding hydrogens is 283 g/mol. The molecule has 1 aromatic rings. The van der Waals surface area contributed by atoms with Crippen LogP contribution in [0.15, 0.2) is 16.5 Å². The van der Waals surface area contributed by atoms with Crippen LogP contribution in [0, 0.1) is 12.8 Å². The van der Waals surface area contributed by atoms with Gasteiger partial charge in [-0.25, -0.2) is 0 Å². The molecule has 112 valence electrons. The van der Waals surface area contributed by atoms with Crippen LogP contribution in [-0.2, 0) is 0 Å². The van der Waals surface area contributed by atoms with Crippen molar-refractivity contribution in [3.63, 3.8) is 0 Å². The highest BCUT2D eigenvalue weighted by Gasteiger charge is 2.28. The van der Waals surface area contributed by atoms with Crippen LogP contribution >= 0.6 is 24.8 Å². The van der Waals surface area contributed by atoms with Crippen molar-refractivity contribution in [2.24, 2.45) is 5.92 Å². The van der Waals surface area contributed by atoms with Crippen LogP contribution in [-0.4, -0.2) is 31.1 Å². The molecule has 5 heteroatoms. The molecule has 0 saturated carbocycles. The van der Waals surface area contributed by atoms with Gasteiger partial charge in [0.1, 0.15) is 11.5 Å². The standard InChI is InChI=1S/C14H24N2O.2ClH/c1-4-11(2)14(13-6-5-12(3)17-13)16-9-7-15-8-10-16;;/h5-6,11,14-15H,4,7-10H2,1-3H3;2*1H/t11?,14-;;/m0../s1. The van der Waals surface area contributed by atoms with Crippen molar-refractivity contribution in [3.8, 4) is 0 Å². The van der Waals surface area contributed by atoms with Gasteiger partial charge in [-0.2, -0.15) is 0 Å². The molecule has 1 aromatic heterocycles. The Morgan fingerprint density at radius 3 is 2.37 bits per heavy atom. The fourth-order valence-electron chi connectivity index (χ4n) is 2.62. The highest BCUT2D eigenvalue weighted by atomic mass is 35.5. The Morgan fingerprint density at radius 2 is 1.89 bits per heavy atom. The maximum atomic E-state index is 5.86. The van der Waals surface area contributed by atoms with Crippen molar-refractivity contribution in [3.05, 3.63) is 23.7 Å². The van der Waals surface area contributed by atoms with E-state index in [1.54, 1.807) is 0 Å². The van der Waals surface area contributed by atoms with Crippen LogP contribution in [0.1, 0.15) is 37.8 Å². The molecule has 1 N–H and O–H groups in total. The highest BCUT2D eigenvalue weighted by molar-refractivity contribution is 5.85. The zero-order valence-electron chi connectivity index (χ0n) is 12.0. The molecule has 0 spiro atoms. The normalized spacial score (nSPS) is 19.1. The summed E-state index contributed by atoms with van der Waals surface area (Å²) in [5, 5.41) is 3.41. The maximum absolute atomic E-state index is 5.86. The lowest BCUT2D eigenvalue weighted by molar-refractivity contribution is 0.110. The lowest BCUT2D eigenvalue weighted by Gasteiger charge is -2.36. The number of rotatable bonds is 4. The molecule has 3 nitrogen and oxygen atoms in total. The van der Waals surface area contributed by atoms with Gasteiger partial charge in [0.05, 0.1) is 6.04 Å². The Morgan fingerprint density at radius 1 is 1.26 bits per heavy atom. The molecule has 19 heavy (non-hydrogen) atoms. The number of nitrogens with zero attached hydrogens (tertiary/aromatic N) is 1. The van der Waals surface area contributed by atoms with E-state index in [-0.39, 0.29) is 24.8 Å². The van der Waals surface area contributed by atoms with Gasteiger partial charge in [-0.1, -0.05) is 20.3 Å². The largest absolute Gasteiger partial charge is 0.465 e. The molecule has 2 rings (SSSR count). The van der Waals surface area contributed by atoms with E-state index in [0.29, 0.717) is 12.0 Å². The van der Waals surface area contributed by atoms with Crippen molar-refractivity contribution in [2.75, 3.05) is 26.2 Å². The van der Waals surface area contributed by atoms with Gasteiger partial charge in [0.25, 0.3) is 0 Å². The van der Waals surface area contributed by atoms with E-state index in [0.717, 1.165) is 37.7 Å². The minimum absolute atomic E-state index is 0. The minimum Gasteiger partial charge on any atom is -0.465 e. The highest BCUT2D eigenvalue weighted by Crippen LogP contribution is 2.31. The zero-order chi connectivity index (χ0) is 12.3. The van der Waals surface area contributed by atoms with Crippen LogP contribution in [0.2, 0.25) is 0 Å². The van der Waals surface area contributed by atoms with Crippen molar-refractivity contribution in [1.82, 2.24) is 10.2 Å². The zero-order valence-corrected chi connectivity index (χ0v) is 13.6. The van der Waals surface area contributed by atoms with Crippen LogP contribution in [0.25, 0.3) is 0 Å². The molecule has 2 heterocycles. The number of halogens is 2. The van der Waals surface area contributed by atoms with Gasteiger partial charge in [-0.15, -0.1) is 24.8 Å². The van der Waals surface area contributed by atoms with Crippen molar-refractivity contribution < 1.29 is 4.42 Å². The second kappa shape index (κ2) is 8.85. The third-order valence-corrected chi connectivity index (χ3v) is 3.78. The van der Waals surface area contributed by atoms with Crippen LogP contribution in [0.3, 0.4) is 0 Å². The topological polar surface area (TPSA) is 28.4 Å². The van der Waals surface area contributed by atoms with Gasteiger partial charge in [0, 0.05) is 26.2 Å². The quantitative estimate of drug-likeness (QED) is 0.924. The molecule has 1 fully saturated rings. The Bertz CT molecular complexity index is 351. The Kier molecular flexibility index (Phi) is 8.75. The summed E-state index contributed by atoms with van der Waals surface area (Å²) in [4.78, 5) is 2.56. The monoisotopic (exact) mass is 308 g/mol. The summed E-state index contributed by atoms with van der Waals surface area (Å²) in [5.74, 6) is 2.79. The predicted molar refractivity (Wildman–Crippen MR) is 84.6 cm³/mol. The molecule has 1 aliphatic rings. The van der Waals surface area contributed by atoms with Gasteiger partial charge in [0.2, 0.25) is 0 Å². The van der Waals surface area contributed by atoms with E-state index in [1.807, 2.05) is 6.92 Å². The van der Waals surface area contributed by atoms with Gasteiger partial charge >= 0.3 is 0 Å². The first-order valence-corrected chi connectivity index (χ1v) is 6.73. The summed E-state index contributed by atoms with van der Waals surface area (Å²) in [6, 6.07) is 4.66. The Hall–Kier alpha value is -0.220. The van der Waals surface area contributed by atoms with Crippen LogP contribution in [0.5, 0.6) is 0 Å². The predicted octanol–water partition coefficient (Wildman–Crippen LogP) is 3.42. The summed E-state index contributed by atoms with van der Waals surface area (Å²) < 4.78 is 5.86. The maximum Gasteiger partial charge on any atom is 0.121 e. The third-order valence-electron chi connectivity index (χ3n) is 3.78. The molecule has 1 aliphatic heterocycles. The molecule has 0 amide bonds. The molecule has 0 bridgehead atoms. The van der Waals surface area contributed by atoms with Crippen molar-refractivity contribution >= 4 is 24.8 Å². The molecule has 1 saturated heterocycles. The molecule has 0 radical (unpaired) electrons. The second-order valence-electron chi connectivity index (χ2n) is 5.06. The van der Waals surface area contributed by atoms with Crippen LogP contribution < -0.4 is 5.32 Å². The Labute approximate surface area is 128 Å². The average Bonchev–Trinajstić information content (AvgIpc) is 2.77. The number of hydrogen-bond donors (Lipinski definition) is 1. The minimum atomic E-state index is 0. The van der Waals surface area contributed by atoms with Crippen molar-refractivity contribution in [2.45, 2.75) is 33.2 Å². The number of hydrogen-bond acceptors (Lipinski definition) is 3. The molecule has 0 aliphatic carbocycles. The third kappa shape index (κ3) is 4.67. The summed E-state index contributed by atoms with van der Waals surface area (Å²) in [6.45, 7) is 11.0. The summed E-state index contributed by atoms with van der Waals surface area (Å²) in [6.07, 6.45) is 1.19. The molecule has 1 unspecified atom stereocenters. The summed E-state index contributed by atoms with van der Waals surface area (Å²) in [7, 11) is 0. The van der Waals surface area contributed by atoms with Gasteiger partial charge < -0.3 is 9.73 Å². The first-order chi connectivity index (χ1) is 8.22. The first kappa shape index (κ1) is 18.8. The van der Waals surface area contributed by atoms with E-state index in [1.165, 1.54) is 6.42 Å². The van der Waals surface area contributed by atoms with E-state index in [2.05, 4.69) is 36.2 Å². The van der Waals surface area contributed by atoms with Crippen LogP contribution in [0.4, 0.5) is 0 Å². The number of nitrogens with one attached hydrogen (secondary N) is 1. The number of aryl methyl sites for hydroxylation is 1. The van der Waals surface area contributed by atoms with E-state index >= 15 is 0 Å². The Balaban J connectivity index is 0.00000162. The number of piperazine rings is 1. The fourth-order valence-corrected chi connectivity index (χ4v) is 2.62. The summed E-state index contributed by atoms with van der Waals surface area (Å²) >= 11 is 0. The summed E-state index contributed by atoms with van der Waals surface area (Å²) in [5.41, 5.74) is 0. The fraction of sp³-hybridized carbons (Fsp3) is 0.714. The molecule has 0 aromatic carbocycles. The molecule has 2 atom stereocenters. The second-order valence-corrected chi connectivity index (χ2v) is 5.06. The lowest BCUT2D eigenvalue weighted by Crippen LogP contribution is -2.46. The van der Waals surface area contributed by atoms with E-state index in [9.17, 15) is 0 Å². The molecular formula is C14H26Cl2N2O.